The Kier molecular flexibility index (Phi) is 6.47. The van der Waals surface area contributed by atoms with Gasteiger partial charge in [0.1, 0.15) is 0 Å². The minimum absolute atomic E-state index is 0.314. The normalized spacial score (nSPS) is 15.5. The molecule has 0 aliphatic rings. The van der Waals surface area contributed by atoms with Crippen LogP contribution in [0.1, 0.15) is 26.7 Å². The summed E-state index contributed by atoms with van der Waals surface area (Å²) in [6.07, 6.45) is 2.17. The molecular weight excluding hydrogens is 268 g/mol. The van der Waals surface area contributed by atoms with Crippen LogP contribution in [0.4, 0.5) is 0 Å². The van der Waals surface area contributed by atoms with Crippen molar-refractivity contribution in [2.45, 2.75) is 62.5 Å². The van der Waals surface area contributed by atoms with Crippen molar-refractivity contribution in [3.8, 4) is 0 Å². The summed E-state index contributed by atoms with van der Waals surface area (Å²) in [5, 5.41) is 0.314. The van der Waals surface area contributed by atoms with Crippen LogP contribution in [0, 0.1) is 5.92 Å². The lowest BCUT2D eigenvalue weighted by atomic mass is 10.1. The van der Waals surface area contributed by atoms with Gasteiger partial charge in [-0.15, -0.1) is 0 Å². The standard InChI is InChI=1S/C16H28OSSi/c1-14(2)13-16(11-12-19(3,4)5)18(17)15-9-7-6-8-10-15/h6-10,14,16H,11-13H2,1-5H3. The van der Waals surface area contributed by atoms with E-state index in [-0.39, 0.29) is 0 Å². The molecule has 0 amide bonds. The third-order valence-electron chi connectivity index (χ3n) is 3.23. The lowest BCUT2D eigenvalue weighted by Crippen LogP contribution is -2.25. The Morgan fingerprint density at radius 3 is 2.16 bits per heavy atom. The van der Waals surface area contributed by atoms with E-state index in [1.807, 2.05) is 30.3 Å². The fraction of sp³-hybridized carbons (Fsp3) is 0.625. The Bertz CT molecular complexity index is 395. The van der Waals surface area contributed by atoms with Gasteiger partial charge in [-0.3, -0.25) is 4.21 Å². The third-order valence-corrected chi connectivity index (χ3v) is 6.79. The Labute approximate surface area is 122 Å². The van der Waals surface area contributed by atoms with Gasteiger partial charge in [-0.2, -0.15) is 0 Å². The van der Waals surface area contributed by atoms with Crippen molar-refractivity contribution in [1.82, 2.24) is 0 Å². The first-order valence-corrected chi connectivity index (χ1v) is 12.2. The average molecular weight is 297 g/mol. The highest BCUT2D eigenvalue weighted by atomic mass is 32.2. The molecule has 1 aromatic carbocycles. The first kappa shape index (κ1) is 16.6. The molecule has 0 saturated carbocycles. The molecular formula is C16H28OSSi. The van der Waals surface area contributed by atoms with Gasteiger partial charge in [0.2, 0.25) is 0 Å². The first-order chi connectivity index (χ1) is 8.79. The Morgan fingerprint density at radius 1 is 1.11 bits per heavy atom. The van der Waals surface area contributed by atoms with Crippen molar-refractivity contribution >= 4 is 18.9 Å². The number of hydrogen-bond donors (Lipinski definition) is 0. The zero-order valence-electron chi connectivity index (χ0n) is 13.0. The number of rotatable bonds is 7. The summed E-state index contributed by atoms with van der Waals surface area (Å²) in [5.74, 6) is 0.610. The predicted octanol–water partition coefficient (Wildman–Crippen LogP) is 4.94. The van der Waals surface area contributed by atoms with Crippen molar-refractivity contribution in [2.24, 2.45) is 5.92 Å². The highest BCUT2D eigenvalue weighted by Crippen LogP contribution is 2.24. The molecule has 0 aliphatic carbocycles. The van der Waals surface area contributed by atoms with E-state index in [4.69, 9.17) is 0 Å². The molecule has 19 heavy (non-hydrogen) atoms. The molecule has 0 aliphatic heterocycles. The topological polar surface area (TPSA) is 17.1 Å². The Balaban J connectivity index is 2.76. The van der Waals surface area contributed by atoms with Crippen molar-refractivity contribution in [3.05, 3.63) is 30.3 Å². The molecule has 2 unspecified atom stereocenters. The molecule has 0 aromatic heterocycles. The molecule has 0 radical (unpaired) electrons. The summed E-state index contributed by atoms with van der Waals surface area (Å²) in [6, 6.07) is 11.2. The third kappa shape index (κ3) is 6.53. The zero-order valence-corrected chi connectivity index (χ0v) is 14.8. The summed E-state index contributed by atoms with van der Waals surface area (Å²) in [6.45, 7) is 11.6. The Hall–Kier alpha value is -0.413. The summed E-state index contributed by atoms with van der Waals surface area (Å²) >= 11 is 0. The fourth-order valence-corrected chi connectivity index (χ4v) is 5.30. The van der Waals surface area contributed by atoms with Crippen LogP contribution in [0.2, 0.25) is 25.7 Å². The summed E-state index contributed by atoms with van der Waals surface area (Å²) in [7, 11) is -1.91. The fourth-order valence-electron chi connectivity index (χ4n) is 2.18. The van der Waals surface area contributed by atoms with Crippen LogP contribution >= 0.6 is 0 Å². The molecule has 0 saturated heterocycles. The lowest BCUT2D eigenvalue weighted by molar-refractivity contribution is 0.545. The van der Waals surface area contributed by atoms with Crippen LogP contribution in [-0.4, -0.2) is 17.5 Å². The van der Waals surface area contributed by atoms with Gasteiger partial charge >= 0.3 is 0 Å². The monoisotopic (exact) mass is 296 g/mol. The lowest BCUT2D eigenvalue weighted by Gasteiger charge is -2.23. The average Bonchev–Trinajstić information content (AvgIpc) is 2.33. The molecule has 2 atom stereocenters. The van der Waals surface area contributed by atoms with E-state index in [1.165, 1.54) is 6.04 Å². The second kappa shape index (κ2) is 7.39. The molecule has 3 heteroatoms. The van der Waals surface area contributed by atoms with Gasteiger partial charge < -0.3 is 0 Å². The van der Waals surface area contributed by atoms with E-state index in [0.29, 0.717) is 11.2 Å². The molecule has 108 valence electrons. The van der Waals surface area contributed by atoms with Gasteiger partial charge in [-0.25, -0.2) is 0 Å². The maximum absolute atomic E-state index is 12.7. The maximum Gasteiger partial charge on any atom is 0.0560 e. The summed E-state index contributed by atoms with van der Waals surface area (Å²) in [4.78, 5) is 0.990. The minimum Gasteiger partial charge on any atom is -0.254 e. The van der Waals surface area contributed by atoms with E-state index in [2.05, 4.69) is 33.5 Å². The molecule has 0 spiro atoms. The Morgan fingerprint density at radius 2 is 1.68 bits per heavy atom. The van der Waals surface area contributed by atoms with Crippen LogP contribution in [0.3, 0.4) is 0 Å². The maximum atomic E-state index is 12.7. The highest BCUT2D eigenvalue weighted by molar-refractivity contribution is 7.85. The first-order valence-electron chi connectivity index (χ1n) is 7.25. The van der Waals surface area contributed by atoms with Crippen molar-refractivity contribution in [2.75, 3.05) is 0 Å². The van der Waals surface area contributed by atoms with Gasteiger partial charge in [-0.1, -0.05) is 57.7 Å². The summed E-state index contributed by atoms with van der Waals surface area (Å²) < 4.78 is 12.7. The molecule has 0 fully saturated rings. The smallest absolute Gasteiger partial charge is 0.0560 e. The molecule has 1 nitrogen and oxygen atoms in total. The molecule has 0 bridgehead atoms. The number of benzene rings is 1. The van der Waals surface area contributed by atoms with E-state index in [0.717, 1.165) is 17.7 Å². The minimum atomic E-state index is -1.05. The van der Waals surface area contributed by atoms with E-state index >= 15 is 0 Å². The van der Waals surface area contributed by atoms with Gasteiger partial charge in [-0.05, 0) is 30.9 Å². The SMILES string of the molecule is CC(C)CC(CC[Si](C)(C)C)S(=O)c1ccccc1. The molecule has 1 aromatic rings. The second-order valence-electron chi connectivity index (χ2n) is 6.96. The predicted molar refractivity (Wildman–Crippen MR) is 88.9 cm³/mol. The molecule has 0 N–H and O–H groups in total. The van der Waals surface area contributed by atoms with Crippen LogP contribution < -0.4 is 0 Å². The van der Waals surface area contributed by atoms with E-state index in [9.17, 15) is 4.21 Å². The van der Waals surface area contributed by atoms with Crippen molar-refractivity contribution < 1.29 is 4.21 Å². The second-order valence-corrected chi connectivity index (χ2v) is 14.3. The molecule has 0 heterocycles. The van der Waals surface area contributed by atoms with Gasteiger partial charge in [0, 0.05) is 18.2 Å². The van der Waals surface area contributed by atoms with Gasteiger partial charge in [0.25, 0.3) is 0 Å². The van der Waals surface area contributed by atoms with E-state index in [1.54, 1.807) is 0 Å². The van der Waals surface area contributed by atoms with Crippen molar-refractivity contribution in [3.63, 3.8) is 0 Å². The summed E-state index contributed by atoms with van der Waals surface area (Å²) in [5.41, 5.74) is 0. The van der Waals surface area contributed by atoms with Crippen LogP contribution in [-0.2, 0) is 10.8 Å². The van der Waals surface area contributed by atoms with Crippen LogP contribution in [0.25, 0.3) is 0 Å². The zero-order chi connectivity index (χ0) is 14.5. The van der Waals surface area contributed by atoms with Gasteiger partial charge in [0.05, 0.1) is 10.8 Å². The van der Waals surface area contributed by atoms with Crippen LogP contribution in [0.15, 0.2) is 35.2 Å². The number of hydrogen-bond acceptors (Lipinski definition) is 1. The quantitative estimate of drug-likeness (QED) is 0.652. The largest absolute Gasteiger partial charge is 0.254 e. The van der Waals surface area contributed by atoms with Gasteiger partial charge in [0.15, 0.2) is 0 Å². The van der Waals surface area contributed by atoms with Crippen LogP contribution in [0.5, 0.6) is 0 Å². The molecule has 1 rings (SSSR count). The van der Waals surface area contributed by atoms with E-state index < -0.39 is 18.9 Å². The highest BCUT2D eigenvalue weighted by Gasteiger charge is 2.23. The van der Waals surface area contributed by atoms with Crippen molar-refractivity contribution in [1.29, 1.82) is 0 Å².